The molecular formula is C10H12N4OS. The molecule has 0 aliphatic carbocycles. The van der Waals surface area contributed by atoms with Crippen molar-refractivity contribution in [3.8, 4) is 0 Å². The minimum absolute atomic E-state index is 0.217. The predicted octanol–water partition coefficient (Wildman–Crippen LogP) is 1.63. The maximum Gasteiger partial charge on any atom is 0.122 e. The molecule has 5 nitrogen and oxygen atoms in total. The van der Waals surface area contributed by atoms with Gasteiger partial charge in [-0.1, -0.05) is 5.21 Å². The minimum Gasteiger partial charge on any atom is -0.371 e. The molecule has 2 aromatic rings. The summed E-state index contributed by atoms with van der Waals surface area (Å²) < 4.78 is 7.37. The third-order valence-electron chi connectivity index (χ3n) is 2.57. The molecule has 1 unspecified atom stereocenters. The van der Waals surface area contributed by atoms with Crippen LogP contribution >= 0.6 is 11.3 Å². The highest BCUT2D eigenvalue weighted by Crippen LogP contribution is 2.30. The van der Waals surface area contributed by atoms with Crippen molar-refractivity contribution in [1.82, 2.24) is 20.0 Å². The fourth-order valence-electron chi connectivity index (χ4n) is 1.80. The van der Waals surface area contributed by atoms with Crippen LogP contribution < -0.4 is 0 Å². The van der Waals surface area contributed by atoms with Crippen LogP contribution in [0.15, 0.2) is 17.8 Å². The lowest BCUT2D eigenvalue weighted by Crippen LogP contribution is -2.02. The SMILES string of the molecule is c1cn(Cc2csc(C3CCCO3)n2)nn1. The van der Waals surface area contributed by atoms with E-state index in [1.165, 1.54) is 0 Å². The molecule has 1 fully saturated rings. The van der Waals surface area contributed by atoms with E-state index in [0.29, 0.717) is 6.54 Å². The van der Waals surface area contributed by atoms with Gasteiger partial charge >= 0.3 is 0 Å². The second-order valence-electron chi connectivity index (χ2n) is 3.78. The van der Waals surface area contributed by atoms with Crippen LogP contribution in [0.25, 0.3) is 0 Å². The van der Waals surface area contributed by atoms with E-state index in [1.807, 2.05) is 6.20 Å². The number of aromatic nitrogens is 4. The van der Waals surface area contributed by atoms with E-state index in [1.54, 1.807) is 22.2 Å². The highest BCUT2D eigenvalue weighted by atomic mass is 32.1. The summed E-state index contributed by atoms with van der Waals surface area (Å²) in [6.45, 7) is 1.55. The van der Waals surface area contributed by atoms with Gasteiger partial charge in [-0.05, 0) is 12.8 Å². The van der Waals surface area contributed by atoms with E-state index in [9.17, 15) is 0 Å². The van der Waals surface area contributed by atoms with Crippen molar-refractivity contribution in [1.29, 1.82) is 0 Å². The average Bonchev–Trinajstić information content (AvgIpc) is 2.99. The standard InChI is InChI=1S/C10H12N4OS/c1-2-9(15-5-1)10-12-8(7-16-10)6-14-4-3-11-13-14/h3-4,7,9H,1-2,5-6H2. The molecule has 1 atom stereocenters. The average molecular weight is 236 g/mol. The quantitative estimate of drug-likeness (QED) is 0.813. The van der Waals surface area contributed by atoms with Gasteiger partial charge in [-0.15, -0.1) is 16.4 Å². The zero-order valence-electron chi connectivity index (χ0n) is 8.74. The van der Waals surface area contributed by atoms with E-state index in [2.05, 4.69) is 20.7 Å². The van der Waals surface area contributed by atoms with Crippen molar-refractivity contribution < 1.29 is 4.74 Å². The summed E-state index contributed by atoms with van der Waals surface area (Å²) in [6, 6.07) is 0. The zero-order chi connectivity index (χ0) is 10.8. The van der Waals surface area contributed by atoms with Crippen LogP contribution in [-0.4, -0.2) is 26.6 Å². The Balaban J connectivity index is 1.72. The fraction of sp³-hybridized carbons (Fsp3) is 0.500. The topological polar surface area (TPSA) is 52.8 Å². The first-order valence-electron chi connectivity index (χ1n) is 5.32. The van der Waals surface area contributed by atoms with Gasteiger partial charge in [0.25, 0.3) is 0 Å². The molecule has 1 aliphatic rings. The minimum atomic E-state index is 0.217. The highest BCUT2D eigenvalue weighted by molar-refractivity contribution is 7.09. The summed E-state index contributed by atoms with van der Waals surface area (Å²) in [5.74, 6) is 0. The highest BCUT2D eigenvalue weighted by Gasteiger charge is 2.20. The van der Waals surface area contributed by atoms with Crippen molar-refractivity contribution in [3.05, 3.63) is 28.5 Å². The molecule has 0 aromatic carbocycles. The van der Waals surface area contributed by atoms with Crippen molar-refractivity contribution in [3.63, 3.8) is 0 Å². The van der Waals surface area contributed by atoms with Gasteiger partial charge in [0.2, 0.25) is 0 Å². The molecule has 3 heterocycles. The summed E-state index contributed by atoms with van der Waals surface area (Å²) in [7, 11) is 0. The maximum absolute atomic E-state index is 5.60. The molecule has 6 heteroatoms. The molecule has 16 heavy (non-hydrogen) atoms. The smallest absolute Gasteiger partial charge is 0.122 e. The zero-order valence-corrected chi connectivity index (χ0v) is 9.56. The Kier molecular flexibility index (Phi) is 2.67. The lowest BCUT2D eigenvalue weighted by molar-refractivity contribution is 0.111. The number of nitrogens with zero attached hydrogens (tertiary/aromatic N) is 4. The summed E-state index contributed by atoms with van der Waals surface area (Å²) in [5, 5.41) is 10.8. The van der Waals surface area contributed by atoms with Crippen LogP contribution in [0.3, 0.4) is 0 Å². The largest absolute Gasteiger partial charge is 0.371 e. The second-order valence-corrected chi connectivity index (χ2v) is 4.67. The van der Waals surface area contributed by atoms with E-state index in [-0.39, 0.29) is 6.10 Å². The van der Waals surface area contributed by atoms with E-state index in [0.717, 1.165) is 30.2 Å². The van der Waals surface area contributed by atoms with Crippen molar-refractivity contribution >= 4 is 11.3 Å². The molecule has 0 radical (unpaired) electrons. The van der Waals surface area contributed by atoms with Gasteiger partial charge < -0.3 is 4.74 Å². The first-order chi connectivity index (χ1) is 7.92. The molecule has 0 amide bonds. The number of hydrogen-bond acceptors (Lipinski definition) is 5. The van der Waals surface area contributed by atoms with Gasteiger partial charge in [-0.3, -0.25) is 0 Å². The van der Waals surface area contributed by atoms with Crippen LogP contribution in [-0.2, 0) is 11.3 Å². The molecule has 1 aliphatic heterocycles. The Morgan fingerprint density at radius 2 is 2.56 bits per heavy atom. The first-order valence-corrected chi connectivity index (χ1v) is 6.20. The van der Waals surface area contributed by atoms with Gasteiger partial charge in [0.05, 0.1) is 18.4 Å². The molecule has 0 N–H and O–H groups in total. The fourth-order valence-corrected chi connectivity index (χ4v) is 2.69. The molecule has 1 saturated heterocycles. The molecule has 2 aromatic heterocycles. The Morgan fingerprint density at radius 1 is 1.56 bits per heavy atom. The lowest BCUT2D eigenvalue weighted by Gasteiger charge is -2.03. The Hall–Kier alpha value is -1.27. The Labute approximate surface area is 97.1 Å². The van der Waals surface area contributed by atoms with Gasteiger partial charge in [-0.2, -0.15) is 0 Å². The van der Waals surface area contributed by atoms with Gasteiger partial charge in [-0.25, -0.2) is 9.67 Å². The molecule has 84 valence electrons. The Morgan fingerprint density at radius 3 is 3.31 bits per heavy atom. The molecule has 0 saturated carbocycles. The second kappa shape index (κ2) is 4.31. The van der Waals surface area contributed by atoms with Crippen LogP contribution in [0.2, 0.25) is 0 Å². The predicted molar refractivity (Wildman–Crippen MR) is 59.2 cm³/mol. The van der Waals surface area contributed by atoms with Gasteiger partial charge in [0.15, 0.2) is 0 Å². The first kappa shape index (κ1) is 9.92. The summed E-state index contributed by atoms with van der Waals surface area (Å²) in [6.07, 6.45) is 5.96. The summed E-state index contributed by atoms with van der Waals surface area (Å²) in [5.41, 5.74) is 1.03. The van der Waals surface area contributed by atoms with Crippen molar-refractivity contribution in [2.24, 2.45) is 0 Å². The van der Waals surface area contributed by atoms with Crippen LogP contribution in [0.4, 0.5) is 0 Å². The van der Waals surface area contributed by atoms with E-state index in [4.69, 9.17) is 4.74 Å². The number of thiazole rings is 1. The van der Waals surface area contributed by atoms with Crippen molar-refractivity contribution in [2.75, 3.05) is 6.61 Å². The normalized spacial score (nSPS) is 20.4. The Bertz CT molecular complexity index is 447. The molecule has 0 bridgehead atoms. The summed E-state index contributed by atoms with van der Waals surface area (Å²) in [4.78, 5) is 4.57. The number of ether oxygens (including phenoxy) is 1. The molecule has 3 rings (SSSR count). The van der Waals surface area contributed by atoms with Gasteiger partial charge in [0, 0.05) is 18.2 Å². The molecule has 0 spiro atoms. The third kappa shape index (κ3) is 1.98. The van der Waals surface area contributed by atoms with Gasteiger partial charge in [0.1, 0.15) is 11.1 Å². The van der Waals surface area contributed by atoms with Crippen LogP contribution in [0, 0.1) is 0 Å². The number of rotatable bonds is 3. The molecular weight excluding hydrogens is 224 g/mol. The maximum atomic E-state index is 5.60. The number of hydrogen-bond donors (Lipinski definition) is 0. The van der Waals surface area contributed by atoms with E-state index < -0.39 is 0 Å². The summed E-state index contributed by atoms with van der Waals surface area (Å²) >= 11 is 1.67. The van der Waals surface area contributed by atoms with Crippen LogP contribution in [0.5, 0.6) is 0 Å². The van der Waals surface area contributed by atoms with Crippen molar-refractivity contribution in [2.45, 2.75) is 25.5 Å². The monoisotopic (exact) mass is 236 g/mol. The third-order valence-corrected chi connectivity index (χ3v) is 3.56. The lowest BCUT2D eigenvalue weighted by atomic mass is 10.2. The van der Waals surface area contributed by atoms with Crippen LogP contribution in [0.1, 0.15) is 29.6 Å². The van der Waals surface area contributed by atoms with E-state index >= 15 is 0 Å².